The van der Waals surface area contributed by atoms with Gasteiger partial charge in [-0.25, -0.2) is 8.42 Å². The fourth-order valence-electron chi connectivity index (χ4n) is 3.46. The number of ether oxygens (including phenoxy) is 1. The smallest absolute Gasteiger partial charge is 0.246 e. The Morgan fingerprint density at radius 1 is 1.14 bits per heavy atom. The van der Waals surface area contributed by atoms with Gasteiger partial charge in [-0.15, -0.1) is 0 Å². The Balaban J connectivity index is 1.76. The van der Waals surface area contributed by atoms with E-state index < -0.39 is 20.7 Å². The second-order valence-electron chi connectivity index (χ2n) is 7.80. The molecule has 3 rings (SSSR count). The van der Waals surface area contributed by atoms with E-state index in [-0.39, 0.29) is 12.6 Å². The van der Waals surface area contributed by atoms with Crippen molar-refractivity contribution < 1.29 is 17.9 Å². The maximum atomic E-state index is 13.3. The molecular formula is C22H28N2O4S. The number of amides is 1. The molecule has 1 N–H and O–H groups in total. The van der Waals surface area contributed by atoms with Gasteiger partial charge in [0.1, 0.15) is 5.75 Å². The molecule has 0 bridgehead atoms. The molecule has 1 amide bonds. The lowest BCUT2D eigenvalue weighted by Gasteiger charge is -2.38. The van der Waals surface area contributed by atoms with Gasteiger partial charge in [0.05, 0.1) is 6.10 Å². The first kappa shape index (κ1) is 21.3. The molecule has 1 fully saturated rings. The largest absolute Gasteiger partial charge is 0.491 e. The van der Waals surface area contributed by atoms with Crippen LogP contribution in [-0.2, 0) is 21.4 Å². The fraction of sp³-hybridized carbons (Fsp3) is 0.409. The average molecular weight is 417 g/mol. The van der Waals surface area contributed by atoms with E-state index >= 15 is 0 Å². The zero-order valence-corrected chi connectivity index (χ0v) is 17.9. The third kappa shape index (κ3) is 4.62. The van der Waals surface area contributed by atoms with E-state index in [9.17, 15) is 13.2 Å². The summed E-state index contributed by atoms with van der Waals surface area (Å²) < 4.78 is 32.1. The molecule has 2 aromatic rings. The number of benzene rings is 2. The van der Waals surface area contributed by atoms with Gasteiger partial charge in [-0.05, 0) is 63.4 Å². The lowest BCUT2D eigenvalue weighted by Crippen LogP contribution is -2.56. The van der Waals surface area contributed by atoms with E-state index in [0.717, 1.165) is 5.56 Å². The summed E-state index contributed by atoms with van der Waals surface area (Å²) in [5.74, 6) is 0.191. The molecule has 6 nitrogen and oxygen atoms in total. The molecule has 1 aliphatic heterocycles. The van der Waals surface area contributed by atoms with Crippen LogP contribution in [-0.4, -0.2) is 36.0 Å². The van der Waals surface area contributed by atoms with E-state index in [0.29, 0.717) is 30.8 Å². The van der Waals surface area contributed by atoms with Crippen molar-refractivity contribution in [1.29, 1.82) is 0 Å². The van der Waals surface area contributed by atoms with E-state index in [4.69, 9.17) is 4.74 Å². The molecule has 7 heteroatoms. The number of hydrogen-bond acceptors (Lipinski definition) is 4. The van der Waals surface area contributed by atoms with E-state index in [1.165, 1.54) is 11.2 Å². The van der Waals surface area contributed by atoms with Crippen LogP contribution in [0, 0.1) is 0 Å². The molecule has 1 heterocycles. The quantitative estimate of drug-likeness (QED) is 0.777. The number of rotatable bonds is 6. The predicted molar refractivity (Wildman–Crippen MR) is 114 cm³/mol. The Morgan fingerprint density at radius 2 is 1.79 bits per heavy atom. The summed E-state index contributed by atoms with van der Waals surface area (Å²) in [6.07, 6.45) is 0.982. The minimum absolute atomic E-state index is 0.0531. The number of carbonyl (C=O) groups is 1. The molecule has 1 atom stereocenters. The molecule has 1 aliphatic rings. The van der Waals surface area contributed by atoms with Gasteiger partial charge in [0, 0.05) is 18.8 Å². The van der Waals surface area contributed by atoms with Crippen LogP contribution in [0.15, 0.2) is 54.6 Å². The number of sulfonamides is 1. The van der Waals surface area contributed by atoms with Crippen LogP contribution < -0.4 is 10.1 Å². The van der Waals surface area contributed by atoms with Crippen molar-refractivity contribution in [3.63, 3.8) is 0 Å². The molecule has 0 radical (unpaired) electrons. The Labute approximate surface area is 172 Å². The molecule has 29 heavy (non-hydrogen) atoms. The predicted octanol–water partition coefficient (Wildman–Crippen LogP) is 3.80. The molecule has 0 spiro atoms. The Hall–Kier alpha value is -2.38. The van der Waals surface area contributed by atoms with Crippen LogP contribution in [0.2, 0.25) is 0 Å². The van der Waals surface area contributed by atoms with Crippen LogP contribution in [0.1, 0.15) is 39.2 Å². The van der Waals surface area contributed by atoms with Crippen LogP contribution >= 0.6 is 0 Å². The van der Waals surface area contributed by atoms with Crippen molar-refractivity contribution in [1.82, 2.24) is 4.31 Å². The Kier molecular flexibility index (Phi) is 6.29. The van der Waals surface area contributed by atoms with Crippen LogP contribution in [0.5, 0.6) is 5.75 Å². The summed E-state index contributed by atoms with van der Waals surface area (Å²) >= 11 is 0. The second kappa shape index (κ2) is 8.55. The van der Waals surface area contributed by atoms with Crippen molar-refractivity contribution in [2.75, 3.05) is 11.9 Å². The average Bonchev–Trinajstić information content (AvgIpc) is 2.67. The zero-order valence-electron chi connectivity index (χ0n) is 17.1. The molecule has 1 saturated heterocycles. The van der Waals surface area contributed by atoms with E-state index in [2.05, 4.69) is 5.32 Å². The number of hydrogen-bond donors (Lipinski definition) is 1. The molecule has 0 unspecified atom stereocenters. The maximum absolute atomic E-state index is 13.3. The summed E-state index contributed by atoms with van der Waals surface area (Å²) in [6.45, 7) is 6.08. The van der Waals surface area contributed by atoms with Crippen LogP contribution in [0.4, 0.5) is 5.69 Å². The van der Waals surface area contributed by atoms with Crippen molar-refractivity contribution in [2.24, 2.45) is 0 Å². The van der Waals surface area contributed by atoms with Gasteiger partial charge in [-0.1, -0.05) is 30.3 Å². The number of carbonyl (C=O) groups excluding carboxylic acids is 1. The summed E-state index contributed by atoms with van der Waals surface area (Å²) in [7, 11) is -3.81. The monoisotopic (exact) mass is 416 g/mol. The maximum Gasteiger partial charge on any atom is 0.246 e. The van der Waals surface area contributed by atoms with Crippen molar-refractivity contribution >= 4 is 21.6 Å². The van der Waals surface area contributed by atoms with Crippen molar-refractivity contribution in [2.45, 2.75) is 51.0 Å². The molecule has 0 aliphatic carbocycles. The highest BCUT2D eigenvalue weighted by molar-refractivity contribution is 7.91. The highest BCUT2D eigenvalue weighted by Crippen LogP contribution is 2.34. The Bertz CT molecular complexity index is 943. The minimum atomic E-state index is -3.81. The summed E-state index contributed by atoms with van der Waals surface area (Å²) in [5.41, 5.74) is 1.45. The normalized spacial score (nSPS) is 21.7. The standard InChI is InChI=1S/C22H28N2O4S/c1-17(2)28-20-12-10-19(11-13-20)23-21(25)22(3)14-7-15-24(29(22,26)27)16-18-8-5-4-6-9-18/h4-6,8-13,17H,7,14-16H2,1-3H3,(H,23,25)/t22-/m0/s1. The van der Waals surface area contributed by atoms with Gasteiger partial charge in [-0.3, -0.25) is 4.79 Å². The molecule has 156 valence electrons. The molecular weight excluding hydrogens is 388 g/mol. The molecule has 0 saturated carbocycles. The summed E-state index contributed by atoms with van der Waals surface area (Å²) in [4.78, 5) is 13.0. The van der Waals surface area contributed by atoms with Gasteiger partial charge < -0.3 is 10.1 Å². The lowest BCUT2D eigenvalue weighted by atomic mass is 10.0. The van der Waals surface area contributed by atoms with Crippen molar-refractivity contribution in [3.8, 4) is 5.75 Å². The summed E-state index contributed by atoms with van der Waals surface area (Å²) in [6, 6.07) is 16.4. The molecule has 2 aromatic carbocycles. The van der Waals surface area contributed by atoms with Gasteiger partial charge in [0.25, 0.3) is 0 Å². The first-order valence-electron chi connectivity index (χ1n) is 9.84. The molecule has 0 aromatic heterocycles. The van der Waals surface area contributed by atoms with Crippen LogP contribution in [0.3, 0.4) is 0 Å². The number of anilines is 1. The Morgan fingerprint density at radius 3 is 2.41 bits per heavy atom. The number of nitrogens with zero attached hydrogens (tertiary/aromatic N) is 1. The van der Waals surface area contributed by atoms with Gasteiger partial charge in [0.2, 0.25) is 15.9 Å². The first-order valence-corrected chi connectivity index (χ1v) is 11.3. The number of nitrogens with one attached hydrogen (secondary N) is 1. The van der Waals surface area contributed by atoms with Crippen LogP contribution in [0.25, 0.3) is 0 Å². The lowest BCUT2D eigenvalue weighted by molar-refractivity contribution is -0.118. The summed E-state index contributed by atoms with van der Waals surface area (Å²) in [5, 5.41) is 2.77. The minimum Gasteiger partial charge on any atom is -0.491 e. The third-order valence-corrected chi connectivity index (χ3v) is 7.66. The van der Waals surface area contributed by atoms with Crippen molar-refractivity contribution in [3.05, 3.63) is 60.2 Å². The third-order valence-electron chi connectivity index (χ3n) is 5.14. The highest BCUT2D eigenvalue weighted by Gasteiger charge is 2.51. The first-order chi connectivity index (χ1) is 13.7. The SMILES string of the molecule is CC(C)Oc1ccc(NC(=O)[C@]2(C)CCCN(Cc3ccccc3)S2(=O)=O)cc1. The highest BCUT2D eigenvalue weighted by atomic mass is 32.2. The van der Waals surface area contributed by atoms with E-state index in [1.54, 1.807) is 24.3 Å². The second-order valence-corrected chi connectivity index (χ2v) is 10.2. The van der Waals surface area contributed by atoms with Gasteiger partial charge in [-0.2, -0.15) is 4.31 Å². The fourth-order valence-corrected chi connectivity index (χ4v) is 5.41. The topological polar surface area (TPSA) is 75.7 Å². The van der Waals surface area contributed by atoms with E-state index in [1.807, 2.05) is 44.2 Å². The zero-order chi connectivity index (χ0) is 21.1. The van der Waals surface area contributed by atoms with Gasteiger partial charge in [0.15, 0.2) is 4.75 Å². The van der Waals surface area contributed by atoms with Gasteiger partial charge >= 0.3 is 0 Å².